The van der Waals surface area contributed by atoms with Gasteiger partial charge in [0.05, 0.1) is 0 Å². The van der Waals surface area contributed by atoms with Crippen molar-refractivity contribution in [2.45, 2.75) is 39.8 Å². The number of hydrogen-bond acceptors (Lipinski definition) is 9. The lowest BCUT2D eigenvalue weighted by atomic mass is 10.1. The molecule has 0 fully saturated rings. The summed E-state index contributed by atoms with van der Waals surface area (Å²) in [7, 11) is 5.11. The predicted molar refractivity (Wildman–Crippen MR) is 168 cm³/mol. The number of carboxylic acid groups (broad SMARTS) is 1. The number of aliphatic carboxylic acids is 1. The molecule has 9 nitrogen and oxygen atoms in total. The summed E-state index contributed by atoms with van der Waals surface area (Å²) in [4.78, 5) is 49.8. The molecule has 15 heteroatoms. The number of nitrogens with one attached hydrogen (secondary N) is 3. The highest BCUT2D eigenvalue weighted by atomic mass is 32.4. The van der Waals surface area contributed by atoms with E-state index in [-0.39, 0.29) is 28.5 Å². The molecule has 4 N–H and O–H groups in total. The summed E-state index contributed by atoms with van der Waals surface area (Å²) in [5, 5.41) is 17.1. The summed E-state index contributed by atoms with van der Waals surface area (Å²) in [5.74, 6) is -2.55. The van der Waals surface area contributed by atoms with Crippen molar-refractivity contribution >= 4 is 88.6 Å². The van der Waals surface area contributed by atoms with Gasteiger partial charge < -0.3 is 26.0 Å². The van der Waals surface area contributed by atoms with Crippen molar-refractivity contribution in [1.82, 2.24) is 20.9 Å². The molecule has 1 rings (SSSR count). The van der Waals surface area contributed by atoms with Gasteiger partial charge in [-0.15, -0.1) is 0 Å². The number of carbonyl (C=O) groups is 4. The second-order valence-electron chi connectivity index (χ2n) is 6.80. The van der Waals surface area contributed by atoms with Crippen molar-refractivity contribution < 1.29 is 24.3 Å². The van der Waals surface area contributed by atoms with Gasteiger partial charge in [0.1, 0.15) is 12.1 Å². The van der Waals surface area contributed by atoms with Gasteiger partial charge in [-0.05, 0) is 61.2 Å². The number of rotatable bonds is 12. The minimum absolute atomic E-state index is 0.0711. The Labute approximate surface area is 245 Å². The molecule has 0 saturated heterocycles. The minimum Gasteiger partial charge on any atom is -0.480 e. The first-order chi connectivity index (χ1) is 17.7. The first kappa shape index (κ1) is 40.3. The lowest BCUT2D eigenvalue weighted by Gasteiger charge is -2.24. The van der Waals surface area contributed by atoms with Gasteiger partial charge in [-0.2, -0.15) is 25.3 Å². The molecule has 1 aromatic carbocycles. The Kier molecular flexibility index (Phi) is 28.8. The Balaban J connectivity index is -0.00000112. The first-order valence-electron chi connectivity index (χ1n) is 11.3. The van der Waals surface area contributed by atoms with Crippen LogP contribution in [0.15, 0.2) is 24.3 Å². The average Bonchev–Trinajstić information content (AvgIpc) is 2.93. The van der Waals surface area contributed by atoms with Crippen molar-refractivity contribution in [2.24, 2.45) is 0 Å². The van der Waals surface area contributed by atoms with Gasteiger partial charge in [0.25, 0.3) is 11.8 Å². The molecule has 0 aromatic heterocycles. The van der Waals surface area contributed by atoms with E-state index in [1.54, 1.807) is 4.90 Å². The summed E-state index contributed by atoms with van der Waals surface area (Å²) in [6.45, 7) is 11.1. The minimum atomic E-state index is -1.20. The van der Waals surface area contributed by atoms with Gasteiger partial charge in [0.15, 0.2) is 0 Å². The van der Waals surface area contributed by atoms with Crippen LogP contribution in [0.25, 0.3) is 0 Å². The lowest BCUT2D eigenvalue weighted by molar-refractivity contribution is -0.138. The van der Waals surface area contributed by atoms with E-state index in [9.17, 15) is 19.2 Å². The van der Waals surface area contributed by atoms with Crippen molar-refractivity contribution in [3.63, 3.8) is 0 Å². The Hall–Kier alpha value is -1.20. The van der Waals surface area contributed by atoms with Crippen LogP contribution >= 0.6 is 41.3 Å². The maximum absolute atomic E-state index is 12.5. The number of amides is 3. The zero-order valence-corrected chi connectivity index (χ0v) is 26.9. The SMILES string of the molecule is CCN(CC)C(=O)C(CS)NC(=O)c1cccc(C(=O)NC(CS)C(=O)O)c1.CCNCC.P=S.P=S. The molecule has 0 aliphatic carbocycles. The summed E-state index contributed by atoms with van der Waals surface area (Å²) in [5.41, 5.74) is 0.294. The second kappa shape index (κ2) is 26.4. The van der Waals surface area contributed by atoms with E-state index < -0.39 is 29.9 Å². The Morgan fingerprint density at radius 1 is 0.865 bits per heavy atom. The maximum Gasteiger partial charge on any atom is 0.327 e. The molecule has 0 radical (unpaired) electrons. The van der Waals surface area contributed by atoms with Gasteiger partial charge in [-0.1, -0.05) is 43.5 Å². The predicted octanol–water partition coefficient (Wildman–Crippen LogP) is 2.49. The highest BCUT2D eigenvalue weighted by Crippen LogP contribution is 2.08. The quantitative estimate of drug-likeness (QED) is 0.154. The highest BCUT2D eigenvalue weighted by Gasteiger charge is 2.24. The van der Waals surface area contributed by atoms with Crippen molar-refractivity contribution in [3.8, 4) is 0 Å². The Morgan fingerprint density at radius 2 is 1.27 bits per heavy atom. The number of nitrogens with zero attached hydrogens (tertiary/aromatic N) is 1. The highest BCUT2D eigenvalue weighted by molar-refractivity contribution is 7.89. The van der Waals surface area contributed by atoms with Crippen LogP contribution in [0.5, 0.6) is 0 Å². The molecule has 3 amide bonds. The van der Waals surface area contributed by atoms with Crippen LogP contribution in [0.1, 0.15) is 48.4 Å². The van der Waals surface area contributed by atoms with E-state index in [0.717, 1.165) is 13.1 Å². The van der Waals surface area contributed by atoms with Crippen LogP contribution in [0.4, 0.5) is 0 Å². The topological polar surface area (TPSA) is 128 Å². The number of carbonyl (C=O) groups excluding carboxylic acids is 3. The van der Waals surface area contributed by atoms with Crippen LogP contribution in [-0.4, -0.2) is 83.5 Å². The lowest BCUT2D eigenvalue weighted by Crippen LogP contribution is -2.49. The smallest absolute Gasteiger partial charge is 0.327 e. The van der Waals surface area contributed by atoms with Gasteiger partial charge in [0.2, 0.25) is 5.91 Å². The van der Waals surface area contributed by atoms with Crippen LogP contribution < -0.4 is 16.0 Å². The maximum atomic E-state index is 12.5. The van der Waals surface area contributed by atoms with Crippen molar-refractivity contribution in [2.75, 3.05) is 37.7 Å². The van der Waals surface area contributed by atoms with Gasteiger partial charge in [-0.25, -0.2) is 4.79 Å². The number of hydrogen-bond donors (Lipinski definition) is 6. The molecule has 37 heavy (non-hydrogen) atoms. The molecular formula is C22H38N4O5P2S4. The van der Waals surface area contributed by atoms with Gasteiger partial charge in [-0.3, -0.25) is 14.4 Å². The molecule has 0 aliphatic heterocycles. The zero-order chi connectivity index (χ0) is 29.4. The molecule has 0 aliphatic rings. The van der Waals surface area contributed by atoms with Gasteiger partial charge >= 0.3 is 5.97 Å². The van der Waals surface area contributed by atoms with E-state index in [4.69, 9.17) is 5.11 Å². The van der Waals surface area contributed by atoms with Gasteiger partial charge in [0, 0.05) is 35.7 Å². The number of thiol groups is 2. The molecular weight excluding hydrogens is 590 g/mol. The standard InChI is InChI=1S/C18H25N3O5S2.C4H11N.2HPS/c1-3-21(4-2)17(24)13(9-27)19-15(22)11-6-5-7-12(8-11)16(23)20-14(10-28)18(25)26;1-3-5-4-2;2*1-2/h5-8,13-14,27-28H,3-4,9-10H2,1-2H3,(H,19,22)(H,20,23)(H,25,26);5H,3-4H2,1-2H3;2*1H. The number of likely N-dealkylation sites (N-methyl/N-ethyl adjacent to an activating group) is 1. The Bertz CT molecular complexity index is 819. The number of benzene rings is 1. The summed E-state index contributed by atoms with van der Waals surface area (Å²) in [6, 6.07) is 3.85. The van der Waals surface area contributed by atoms with Crippen molar-refractivity contribution in [1.29, 1.82) is 0 Å². The fraction of sp³-hybridized carbons (Fsp3) is 0.545. The van der Waals surface area contributed by atoms with E-state index in [1.165, 1.54) is 24.3 Å². The summed E-state index contributed by atoms with van der Waals surface area (Å²) < 4.78 is 0. The fourth-order valence-electron chi connectivity index (χ4n) is 2.66. The van der Waals surface area contributed by atoms with E-state index in [2.05, 4.69) is 94.7 Å². The third-order valence-corrected chi connectivity index (χ3v) is 5.26. The van der Waals surface area contributed by atoms with E-state index >= 15 is 0 Å². The van der Waals surface area contributed by atoms with E-state index in [0.29, 0.717) is 13.1 Å². The summed E-state index contributed by atoms with van der Waals surface area (Å²) in [6.07, 6.45) is 0. The molecule has 1 aromatic rings. The normalized spacial score (nSPS) is 10.9. The monoisotopic (exact) mass is 628 g/mol. The zero-order valence-electron chi connectivity index (χ0n) is 21.4. The largest absolute Gasteiger partial charge is 0.480 e. The Morgan fingerprint density at radius 3 is 1.57 bits per heavy atom. The molecule has 210 valence electrons. The van der Waals surface area contributed by atoms with Crippen LogP contribution in [0.3, 0.4) is 0 Å². The first-order valence-corrected chi connectivity index (χ1v) is 15.8. The number of carboxylic acids is 1. The average molecular weight is 629 g/mol. The molecule has 0 spiro atoms. The second-order valence-corrected chi connectivity index (χ2v) is 7.53. The molecule has 2 atom stereocenters. The third kappa shape index (κ3) is 17.1. The molecule has 0 heterocycles. The molecule has 0 bridgehead atoms. The fourth-order valence-corrected chi connectivity index (χ4v) is 3.16. The summed E-state index contributed by atoms with van der Waals surface area (Å²) >= 11 is 15.8. The van der Waals surface area contributed by atoms with Crippen LogP contribution in [-0.2, 0) is 33.2 Å². The van der Waals surface area contributed by atoms with Crippen LogP contribution in [0, 0.1) is 0 Å². The molecule has 0 saturated carbocycles. The molecule has 2 unspecified atom stereocenters. The van der Waals surface area contributed by atoms with E-state index in [1.807, 2.05) is 13.8 Å². The van der Waals surface area contributed by atoms with Crippen LogP contribution in [0.2, 0.25) is 0 Å². The van der Waals surface area contributed by atoms with Crippen molar-refractivity contribution in [3.05, 3.63) is 35.4 Å². The third-order valence-electron chi connectivity index (χ3n) is 4.53.